The maximum absolute atomic E-state index is 12.8. The molecule has 0 bridgehead atoms. The van der Waals surface area contributed by atoms with Crippen LogP contribution in [-0.2, 0) is 14.4 Å². The molecule has 2 saturated heterocycles. The first-order valence-corrected chi connectivity index (χ1v) is 9.30. The number of anilines is 1. The quantitative estimate of drug-likeness (QED) is 0.809. The van der Waals surface area contributed by atoms with Crippen LogP contribution in [-0.4, -0.2) is 61.3 Å². The highest BCUT2D eigenvalue weighted by Gasteiger charge is 2.38. The van der Waals surface area contributed by atoms with E-state index >= 15 is 0 Å². The zero-order chi connectivity index (χ0) is 18.8. The number of carbonyl (C=O) groups is 3. The van der Waals surface area contributed by atoms with E-state index in [-0.39, 0.29) is 36.0 Å². The SMILES string of the molecule is CN(C)C(=O)C1CCN(C(=O)[C@@H]2CC(=O)N(c3ccc(Cl)cc3)C2)CC1. The molecule has 0 aromatic heterocycles. The van der Waals surface area contributed by atoms with Crippen molar-refractivity contribution in [3.63, 3.8) is 0 Å². The predicted octanol–water partition coefficient (Wildman–Crippen LogP) is 2.02. The Morgan fingerprint density at radius 3 is 2.27 bits per heavy atom. The Kier molecular flexibility index (Phi) is 5.51. The fourth-order valence-electron chi connectivity index (χ4n) is 3.71. The van der Waals surface area contributed by atoms with Crippen molar-refractivity contribution in [1.29, 1.82) is 0 Å². The Morgan fingerprint density at radius 1 is 1.08 bits per heavy atom. The molecule has 7 heteroatoms. The molecule has 0 radical (unpaired) electrons. The zero-order valence-corrected chi connectivity index (χ0v) is 15.9. The van der Waals surface area contributed by atoms with Crippen LogP contribution in [0.25, 0.3) is 0 Å². The highest BCUT2D eigenvalue weighted by atomic mass is 35.5. The summed E-state index contributed by atoms with van der Waals surface area (Å²) in [4.78, 5) is 42.3. The van der Waals surface area contributed by atoms with E-state index in [1.165, 1.54) is 0 Å². The van der Waals surface area contributed by atoms with E-state index in [1.807, 2.05) is 4.90 Å². The Morgan fingerprint density at radius 2 is 1.69 bits per heavy atom. The lowest BCUT2D eigenvalue weighted by atomic mass is 9.94. The lowest BCUT2D eigenvalue weighted by Gasteiger charge is -2.33. The monoisotopic (exact) mass is 377 g/mol. The number of hydrogen-bond acceptors (Lipinski definition) is 3. The van der Waals surface area contributed by atoms with Crippen LogP contribution in [0, 0.1) is 11.8 Å². The third-order valence-electron chi connectivity index (χ3n) is 5.21. The largest absolute Gasteiger partial charge is 0.349 e. The number of piperidine rings is 1. The number of benzene rings is 1. The molecule has 0 N–H and O–H groups in total. The number of hydrogen-bond donors (Lipinski definition) is 0. The van der Waals surface area contributed by atoms with Crippen molar-refractivity contribution < 1.29 is 14.4 Å². The molecule has 6 nitrogen and oxygen atoms in total. The molecular weight excluding hydrogens is 354 g/mol. The normalized spacial score (nSPS) is 21.2. The number of halogens is 1. The highest BCUT2D eigenvalue weighted by molar-refractivity contribution is 6.30. The maximum Gasteiger partial charge on any atom is 0.228 e. The summed E-state index contributed by atoms with van der Waals surface area (Å²) in [6.45, 7) is 1.55. The molecule has 0 saturated carbocycles. The van der Waals surface area contributed by atoms with Gasteiger partial charge in [-0.15, -0.1) is 0 Å². The molecule has 140 valence electrons. The van der Waals surface area contributed by atoms with Crippen LogP contribution >= 0.6 is 11.6 Å². The molecule has 3 rings (SSSR count). The number of rotatable bonds is 3. The fraction of sp³-hybridized carbons (Fsp3) is 0.526. The van der Waals surface area contributed by atoms with E-state index in [4.69, 9.17) is 11.6 Å². The molecule has 1 aromatic carbocycles. The lowest BCUT2D eigenvalue weighted by molar-refractivity contribution is -0.141. The van der Waals surface area contributed by atoms with Crippen molar-refractivity contribution in [2.24, 2.45) is 11.8 Å². The number of nitrogens with zero attached hydrogens (tertiary/aromatic N) is 3. The van der Waals surface area contributed by atoms with E-state index in [1.54, 1.807) is 48.2 Å². The summed E-state index contributed by atoms with van der Waals surface area (Å²) >= 11 is 5.90. The van der Waals surface area contributed by atoms with Gasteiger partial charge in [-0.05, 0) is 37.1 Å². The van der Waals surface area contributed by atoms with E-state index < -0.39 is 0 Å². The highest BCUT2D eigenvalue weighted by Crippen LogP contribution is 2.29. The summed E-state index contributed by atoms with van der Waals surface area (Å²) < 4.78 is 0. The van der Waals surface area contributed by atoms with Gasteiger partial charge < -0.3 is 14.7 Å². The Labute approximate surface area is 158 Å². The van der Waals surface area contributed by atoms with Gasteiger partial charge in [0.05, 0.1) is 5.92 Å². The Bertz CT molecular complexity index is 696. The molecule has 1 aromatic rings. The minimum absolute atomic E-state index is 0.00942. The van der Waals surface area contributed by atoms with Crippen molar-refractivity contribution in [2.45, 2.75) is 19.3 Å². The van der Waals surface area contributed by atoms with Crippen LogP contribution in [0.5, 0.6) is 0 Å². The average Bonchev–Trinajstić information content (AvgIpc) is 3.03. The second-order valence-electron chi connectivity index (χ2n) is 7.21. The first kappa shape index (κ1) is 18.7. The number of carbonyl (C=O) groups excluding carboxylic acids is 3. The van der Waals surface area contributed by atoms with Gasteiger partial charge in [-0.2, -0.15) is 0 Å². The van der Waals surface area contributed by atoms with Gasteiger partial charge in [-0.3, -0.25) is 14.4 Å². The van der Waals surface area contributed by atoms with E-state index in [2.05, 4.69) is 0 Å². The second kappa shape index (κ2) is 7.66. The predicted molar refractivity (Wildman–Crippen MR) is 99.9 cm³/mol. The van der Waals surface area contributed by atoms with Crippen molar-refractivity contribution in [2.75, 3.05) is 38.6 Å². The van der Waals surface area contributed by atoms with Crippen LogP contribution in [0.1, 0.15) is 19.3 Å². The molecule has 2 aliphatic rings. The minimum Gasteiger partial charge on any atom is -0.349 e. The average molecular weight is 378 g/mol. The summed E-state index contributed by atoms with van der Waals surface area (Å²) in [6, 6.07) is 7.08. The van der Waals surface area contributed by atoms with Crippen molar-refractivity contribution >= 4 is 35.0 Å². The molecule has 0 spiro atoms. The smallest absolute Gasteiger partial charge is 0.228 e. The first-order chi connectivity index (χ1) is 12.4. The molecule has 2 aliphatic heterocycles. The lowest BCUT2D eigenvalue weighted by Crippen LogP contribution is -2.45. The molecule has 2 heterocycles. The fourth-order valence-corrected chi connectivity index (χ4v) is 3.84. The van der Waals surface area contributed by atoms with E-state index in [0.29, 0.717) is 37.5 Å². The van der Waals surface area contributed by atoms with Crippen molar-refractivity contribution in [3.8, 4) is 0 Å². The van der Waals surface area contributed by atoms with Crippen LogP contribution < -0.4 is 4.90 Å². The first-order valence-electron chi connectivity index (χ1n) is 8.92. The Balaban J connectivity index is 1.59. The van der Waals surface area contributed by atoms with Gasteiger partial charge in [0.25, 0.3) is 0 Å². The van der Waals surface area contributed by atoms with Crippen molar-refractivity contribution in [1.82, 2.24) is 9.80 Å². The summed E-state index contributed by atoms with van der Waals surface area (Å²) in [6.07, 6.45) is 1.60. The molecule has 3 amide bonds. The minimum atomic E-state index is -0.320. The number of likely N-dealkylation sites (tertiary alicyclic amines) is 1. The summed E-state index contributed by atoms with van der Waals surface area (Å²) in [5, 5.41) is 0.614. The van der Waals surface area contributed by atoms with Crippen LogP contribution in [0.3, 0.4) is 0 Å². The van der Waals surface area contributed by atoms with E-state index in [0.717, 1.165) is 5.69 Å². The van der Waals surface area contributed by atoms with Gasteiger partial charge in [0.1, 0.15) is 0 Å². The van der Waals surface area contributed by atoms with Crippen molar-refractivity contribution in [3.05, 3.63) is 29.3 Å². The second-order valence-corrected chi connectivity index (χ2v) is 7.65. The topological polar surface area (TPSA) is 60.9 Å². The van der Waals surface area contributed by atoms with Gasteiger partial charge in [0.15, 0.2) is 0 Å². The Hall–Kier alpha value is -2.08. The third kappa shape index (κ3) is 3.85. The number of amides is 3. The molecule has 0 unspecified atom stereocenters. The van der Waals surface area contributed by atoms with Crippen LogP contribution in [0.2, 0.25) is 5.02 Å². The molecule has 0 aliphatic carbocycles. The van der Waals surface area contributed by atoms with Gasteiger partial charge in [0.2, 0.25) is 17.7 Å². The summed E-state index contributed by atoms with van der Waals surface area (Å²) in [7, 11) is 3.52. The standard InChI is InChI=1S/C19H24ClN3O3/c1-21(2)18(25)13-7-9-22(10-8-13)19(26)14-11-17(24)23(12-14)16-5-3-15(20)4-6-16/h3-6,13-14H,7-12H2,1-2H3/t14-/m1/s1. The molecule has 26 heavy (non-hydrogen) atoms. The zero-order valence-electron chi connectivity index (χ0n) is 15.2. The molecule has 2 fully saturated rings. The maximum atomic E-state index is 12.8. The van der Waals surface area contributed by atoms with Crippen LogP contribution in [0.15, 0.2) is 24.3 Å². The van der Waals surface area contributed by atoms with Gasteiger partial charge >= 0.3 is 0 Å². The van der Waals surface area contributed by atoms with Crippen LogP contribution in [0.4, 0.5) is 5.69 Å². The summed E-state index contributed by atoms with van der Waals surface area (Å²) in [5.41, 5.74) is 0.769. The van der Waals surface area contributed by atoms with Gasteiger partial charge in [-0.25, -0.2) is 0 Å². The molecular formula is C19H24ClN3O3. The summed E-state index contributed by atoms with van der Waals surface area (Å²) in [5.74, 6) is -0.222. The van der Waals surface area contributed by atoms with E-state index in [9.17, 15) is 14.4 Å². The molecule has 1 atom stereocenters. The van der Waals surface area contributed by atoms with Gasteiger partial charge in [-0.1, -0.05) is 11.6 Å². The van der Waals surface area contributed by atoms with Gasteiger partial charge in [0, 0.05) is 56.8 Å². The third-order valence-corrected chi connectivity index (χ3v) is 5.46.